The van der Waals surface area contributed by atoms with Crippen LogP contribution < -0.4 is 10.5 Å². The van der Waals surface area contributed by atoms with Crippen molar-refractivity contribution in [1.29, 1.82) is 0 Å². The van der Waals surface area contributed by atoms with E-state index >= 15 is 0 Å². The van der Waals surface area contributed by atoms with Crippen LogP contribution in [0.4, 0.5) is 5.69 Å². The summed E-state index contributed by atoms with van der Waals surface area (Å²) in [5, 5.41) is 0.990. The van der Waals surface area contributed by atoms with Crippen LogP contribution in [-0.4, -0.2) is 16.7 Å². The first kappa shape index (κ1) is 11.9. The molecule has 5 heteroatoms. The summed E-state index contributed by atoms with van der Waals surface area (Å²) in [7, 11) is 3.64. The molecule has 90 valence electrons. The number of anilines is 1. The Balaban J connectivity index is 2.11. The van der Waals surface area contributed by atoms with Crippen molar-refractivity contribution in [3.05, 3.63) is 36.2 Å². The second-order valence-electron chi connectivity index (χ2n) is 3.68. The average Bonchev–Trinajstić information content (AvgIpc) is 2.73. The highest BCUT2D eigenvalue weighted by Gasteiger charge is 2.06. The van der Waals surface area contributed by atoms with Gasteiger partial charge in [0, 0.05) is 42.5 Å². The molecule has 0 spiro atoms. The zero-order valence-corrected chi connectivity index (χ0v) is 10.7. The average molecular weight is 249 g/mol. The number of rotatable bonds is 4. The van der Waals surface area contributed by atoms with Crippen LogP contribution in [0.1, 0.15) is 5.56 Å². The highest BCUT2D eigenvalue weighted by molar-refractivity contribution is 7.98. The first-order valence-electron chi connectivity index (χ1n) is 5.23. The van der Waals surface area contributed by atoms with Gasteiger partial charge in [-0.1, -0.05) is 17.8 Å². The molecule has 1 aromatic heterocycles. The Hall–Kier alpha value is -1.62. The second-order valence-corrected chi connectivity index (χ2v) is 4.62. The number of thioether (sulfide) groups is 1. The first-order chi connectivity index (χ1) is 8.20. The summed E-state index contributed by atoms with van der Waals surface area (Å²) in [6.07, 6.45) is 3.73. The Morgan fingerprint density at radius 2 is 2.29 bits per heavy atom. The molecule has 2 N–H and O–H groups in total. The summed E-state index contributed by atoms with van der Waals surface area (Å²) in [6, 6.07) is 5.72. The van der Waals surface area contributed by atoms with Crippen molar-refractivity contribution in [2.75, 3.05) is 12.8 Å². The van der Waals surface area contributed by atoms with Gasteiger partial charge in [-0.2, -0.15) is 0 Å². The topological polar surface area (TPSA) is 53.1 Å². The second kappa shape index (κ2) is 5.14. The third kappa shape index (κ3) is 2.74. The lowest BCUT2D eigenvalue weighted by atomic mass is 10.2. The van der Waals surface area contributed by atoms with Crippen LogP contribution in [0, 0.1) is 0 Å². The van der Waals surface area contributed by atoms with Gasteiger partial charge in [0.2, 0.25) is 0 Å². The van der Waals surface area contributed by atoms with Crippen molar-refractivity contribution in [1.82, 2.24) is 9.55 Å². The minimum Gasteiger partial charge on any atom is -0.496 e. The molecule has 0 atom stereocenters. The summed E-state index contributed by atoms with van der Waals surface area (Å²) >= 11 is 1.67. The predicted molar refractivity (Wildman–Crippen MR) is 70.2 cm³/mol. The van der Waals surface area contributed by atoms with E-state index in [1.54, 1.807) is 25.1 Å². The van der Waals surface area contributed by atoms with Crippen LogP contribution in [-0.2, 0) is 12.8 Å². The number of imidazole rings is 1. The van der Waals surface area contributed by atoms with Gasteiger partial charge in [-0.25, -0.2) is 4.98 Å². The van der Waals surface area contributed by atoms with Crippen molar-refractivity contribution in [3.8, 4) is 5.75 Å². The summed E-state index contributed by atoms with van der Waals surface area (Å²) in [4.78, 5) is 4.26. The number of benzene rings is 1. The van der Waals surface area contributed by atoms with Gasteiger partial charge in [0.15, 0.2) is 5.16 Å². The molecule has 0 bridgehead atoms. The molecule has 0 saturated heterocycles. The number of ether oxygens (including phenoxy) is 1. The lowest BCUT2D eigenvalue weighted by Crippen LogP contribution is -1.94. The number of aromatic nitrogens is 2. The van der Waals surface area contributed by atoms with Crippen LogP contribution in [0.25, 0.3) is 0 Å². The molecule has 0 aliphatic carbocycles. The Bertz CT molecular complexity index is 510. The molecule has 0 saturated carbocycles. The number of nitrogens with two attached hydrogens (primary N) is 1. The molecule has 1 aromatic carbocycles. The number of hydrogen-bond acceptors (Lipinski definition) is 4. The van der Waals surface area contributed by atoms with E-state index in [9.17, 15) is 0 Å². The molecule has 0 aliphatic rings. The number of hydrogen-bond donors (Lipinski definition) is 1. The van der Waals surface area contributed by atoms with E-state index in [1.165, 1.54) is 0 Å². The first-order valence-corrected chi connectivity index (χ1v) is 6.22. The fourth-order valence-corrected chi connectivity index (χ4v) is 2.44. The highest BCUT2D eigenvalue weighted by atomic mass is 32.2. The monoisotopic (exact) mass is 249 g/mol. The molecule has 0 fully saturated rings. The van der Waals surface area contributed by atoms with Gasteiger partial charge in [0.05, 0.1) is 7.11 Å². The van der Waals surface area contributed by atoms with Crippen molar-refractivity contribution < 1.29 is 4.74 Å². The van der Waals surface area contributed by atoms with Gasteiger partial charge in [-0.3, -0.25) is 0 Å². The highest BCUT2D eigenvalue weighted by Crippen LogP contribution is 2.28. The molecule has 2 aromatic rings. The van der Waals surface area contributed by atoms with E-state index in [2.05, 4.69) is 4.98 Å². The van der Waals surface area contributed by atoms with E-state index in [0.29, 0.717) is 5.69 Å². The van der Waals surface area contributed by atoms with Gasteiger partial charge >= 0.3 is 0 Å². The molecule has 4 nitrogen and oxygen atoms in total. The summed E-state index contributed by atoms with van der Waals surface area (Å²) < 4.78 is 7.30. The van der Waals surface area contributed by atoms with Crippen LogP contribution in [0.5, 0.6) is 5.75 Å². The van der Waals surface area contributed by atoms with Gasteiger partial charge < -0.3 is 15.0 Å². The minimum absolute atomic E-state index is 0.715. The van der Waals surface area contributed by atoms with E-state index in [4.69, 9.17) is 10.5 Å². The normalized spacial score (nSPS) is 10.5. The largest absolute Gasteiger partial charge is 0.496 e. The SMILES string of the molecule is COc1cc(N)ccc1CSc1nccn1C. The molecule has 0 aliphatic heterocycles. The lowest BCUT2D eigenvalue weighted by Gasteiger charge is -2.08. The molecule has 2 rings (SSSR count). The lowest BCUT2D eigenvalue weighted by molar-refractivity contribution is 0.411. The zero-order chi connectivity index (χ0) is 12.3. The van der Waals surface area contributed by atoms with Crippen LogP contribution in [0.15, 0.2) is 35.7 Å². The maximum absolute atomic E-state index is 5.71. The molecule has 0 radical (unpaired) electrons. The predicted octanol–water partition coefficient (Wildman–Crippen LogP) is 2.30. The van der Waals surface area contributed by atoms with Crippen LogP contribution in [0.2, 0.25) is 0 Å². The van der Waals surface area contributed by atoms with Gasteiger partial charge in [0.25, 0.3) is 0 Å². The third-order valence-corrected chi connectivity index (χ3v) is 3.55. The summed E-state index contributed by atoms with van der Waals surface area (Å²) in [6.45, 7) is 0. The molecule has 17 heavy (non-hydrogen) atoms. The maximum Gasteiger partial charge on any atom is 0.167 e. The molecule has 0 amide bonds. The van der Waals surface area contributed by atoms with E-state index in [-0.39, 0.29) is 0 Å². The third-order valence-electron chi connectivity index (χ3n) is 2.44. The number of nitrogens with zero attached hydrogens (tertiary/aromatic N) is 2. The van der Waals surface area contributed by atoms with Gasteiger partial charge in [-0.15, -0.1) is 0 Å². The summed E-state index contributed by atoms with van der Waals surface area (Å²) in [5.74, 6) is 1.64. The van der Waals surface area contributed by atoms with Crippen molar-refractivity contribution in [3.63, 3.8) is 0 Å². The van der Waals surface area contributed by atoms with E-state index in [1.807, 2.05) is 36.0 Å². The Morgan fingerprint density at radius 3 is 2.94 bits per heavy atom. The standard InChI is InChI=1S/C12H15N3OS/c1-15-6-5-14-12(15)17-8-9-3-4-10(13)7-11(9)16-2/h3-7H,8,13H2,1-2H3. The van der Waals surface area contributed by atoms with E-state index in [0.717, 1.165) is 22.2 Å². The quantitative estimate of drug-likeness (QED) is 0.667. The molecule has 0 unspecified atom stereocenters. The number of aryl methyl sites for hydroxylation is 1. The fourth-order valence-electron chi connectivity index (χ4n) is 1.51. The van der Waals surface area contributed by atoms with E-state index < -0.39 is 0 Å². The van der Waals surface area contributed by atoms with Gasteiger partial charge in [0.1, 0.15) is 5.75 Å². The molecular weight excluding hydrogens is 234 g/mol. The fraction of sp³-hybridized carbons (Fsp3) is 0.250. The zero-order valence-electron chi connectivity index (χ0n) is 9.88. The Labute approximate surface area is 105 Å². The number of methoxy groups -OCH3 is 1. The van der Waals surface area contributed by atoms with Gasteiger partial charge in [-0.05, 0) is 6.07 Å². The van der Waals surface area contributed by atoms with Crippen molar-refractivity contribution in [2.24, 2.45) is 7.05 Å². The van der Waals surface area contributed by atoms with Crippen LogP contribution in [0.3, 0.4) is 0 Å². The minimum atomic E-state index is 0.715. The summed E-state index contributed by atoms with van der Waals surface area (Å²) in [5.41, 5.74) is 7.55. The van der Waals surface area contributed by atoms with Crippen molar-refractivity contribution >= 4 is 17.4 Å². The Morgan fingerprint density at radius 1 is 1.47 bits per heavy atom. The van der Waals surface area contributed by atoms with Crippen LogP contribution >= 0.6 is 11.8 Å². The Kier molecular flexibility index (Phi) is 3.58. The smallest absolute Gasteiger partial charge is 0.167 e. The molecular formula is C12H15N3OS. The number of nitrogen functional groups attached to an aromatic ring is 1. The molecule has 1 heterocycles. The van der Waals surface area contributed by atoms with Crippen molar-refractivity contribution in [2.45, 2.75) is 10.9 Å². The maximum atomic E-state index is 5.71.